The van der Waals surface area contributed by atoms with Crippen molar-refractivity contribution in [3.63, 3.8) is 0 Å². The Bertz CT molecular complexity index is 933. The average molecular weight is 451 g/mol. The fraction of sp³-hybridized carbons (Fsp3) is 0.333. The number of methoxy groups -OCH3 is 1. The smallest absolute Gasteiger partial charge is 0.417 e. The first-order chi connectivity index (χ1) is 14.9. The maximum Gasteiger partial charge on any atom is 0.417 e. The van der Waals surface area contributed by atoms with E-state index in [1.54, 1.807) is 44.4 Å². The van der Waals surface area contributed by atoms with Gasteiger partial charge in [0.2, 0.25) is 0 Å². The number of ether oxygens (including phenoxy) is 3. The number of rotatable bonds is 11. The molecule has 0 aromatic heterocycles. The van der Waals surface area contributed by atoms with Gasteiger partial charge in [-0.1, -0.05) is 24.3 Å². The van der Waals surface area contributed by atoms with Gasteiger partial charge in [0.15, 0.2) is 22.6 Å². The molecule has 0 radical (unpaired) electrons. The molecule has 0 aliphatic carbocycles. The molecule has 168 valence electrons. The molecule has 0 aliphatic rings. The molecule has 0 amide bonds. The third-order valence-corrected chi connectivity index (χ3v) is 5.38. The van der Waals surface area contributed by atoms with Crippen LogP contribution in [0.5, 0.6) is 11.5 Å². The number of carboxylic acids is 1. The molecular formula is C21H25NO8S. The molecule has 2 unspecified atom stereocenters. The molecule has 2 aromatic rings. The van der Waals surface area contributed by atoms with Gasteiger partial charge in [-0.05, 0) is 36.2 Å². The van der Waals surface area contributed by atoms with Crippen LogP contribution < -0.4 is 14.8 Å². The van der Waals surface area contributed by atoms with Crippen LogP contribution in [-0.4, -0.2) is 55.2 Å². The summed E-state index contributed by atoms with van der Waals surface area (Å²) in [5, 5.41) is 12.0. The van der Waals surface area contributed by atoms with E-state index in [1.165, 1.54) is 7.11 Å². The van der Waals surface area contributed by atoms with E-state index in [0.29, 0.717) is 35.1 Å². The maximum atomic E-state index is 12.1. The number of hydrogen-bond acceptors (Lipinski definition) is 8. The Kier molecular flexibility index (Phi) is 9.44. The quantitative estimate of drug-likeness (QED) is 0.300. The number of carbonyl (C=O) groups is 2. The predicted octanol–water partition coefficient (Wildman–Crippen LogP) is 2.01. The number of nitrogens with one attached hydrogen (secondary N) is 1. The molecule has 2 atom stereocenters. The molecule has 0 aliphatic heterocycles. The topological polar surface area (TPSA) is 120 Å². The minimum atomic E-state index is -1.70. The van der Waals surface area contributed by atoms with E-state index in [9.17, 15) is 13.8 Å². The summed E-state index contributed by atoms with van der Waals surface area (Å²) in [6.07, 6.45) is -0.914. The molecule has 0 heterocycles. The largest absolute Gasteiger partial charge is 0.493 e. The summed E-state index contributed by atoms with van der Waals surface area (Å²) in [5.74, 6) is -1.88. The summed E-state index contributed by atoms with van der Waals surface area (Å²) in [5.41, 5.74) is 1.21. The van der Waals surface area contributed by atoms with E-state index < -0.39 is 29.1 Å². The fourth-order valence-electron chi connectivity index (χ4n) is 2.70. The van der Waals surface area contributed by atoms with Crippen LogP contribution in [-0.2, 0) is 29.6 Å². The first-order valence-electron chi connectivity index (χ1n) is 9.34. The van der Waals surface area contributed by atoms with Crippen LogP contribution in [0.4, 0.5) is 0 Å². The molecule has 10 heteroatoms. The van der Waals surface area contributed by atoms with Crippen molar-refractivity contribution in [2.24, 2.45) is 0 Å². The number of esters is 1. The van der Waals surface area contributed by atoms with E-state index in [-0.39, 0.29) is 6.54 Å². The number of carboxylic acid groups (broad SMARTS) is 1. The Morgan fingerprint density at radius 1 is 1.13 bits per heavy atom. The zero-order valence-corrected chi connectivity index (χ0v) is 18.3. The normalized spacial score (nSPS) is 12.6. The van der Waals surface area contributed by atoms with Gasteiger partial charge in [0.1, 0.15) is 12.7 Å². The molecule has 2 N–H and O–H groups in total. The van der Waals surface area contributed by atoms with Crippen molar-refractivity contribution in [2.45, 2.75) is 17.9 Å². The highest BCUT2D eigenvalue weighted by molar-refractivity contribution is 7.80. The number of aryl methyl sites for hydroxylation is 1. The molecule has 0 spiro atoms. The van der Waals surface area contributed by atoms with Crippen molar-refractivity contribution in [1.82, 2.24) is 5.32 Å². The molecule has 0 saturated heterocycles. The Hall–Kier alpha value is -2.95. The van der Waals surface area contributed by atoms with Crippen LogP contribution >= 0.6 is 0 Å². The van der Waals surface area contributed by atoms with Crippen molar-refractivity contribution in [2.75, 3.05) is 33.9 Å². The third-order valence-electron chi connectivity index (χ3n) is 4.27. The zero-order valence-electron chi connectivity index (χ0n) is 17.5. The Morgan fingerprint density at radius 3 is 2.48 bits per heavy atom. The van der Waals surface area contributed by atoms with Crippen molar-refractivity contribution in [3.8, 4) is 11.5 Å². The standard InChI is InChI=1S/C21H25NO8S/c1-14-8-9-15(12-19(14)31(26)28-3)18(30-21(25)20(23)24)13-22-10-11-29-17-7-5-4-6-16(17)27-2/h4-9,12,18,22H,10-11,13H2,1-3H3,(H,23,24). The summed E-state index contributed by atoms with van der Waals surface area (Å²) >= 11 is -1.69. The lowest BCUT2D eigenvalue weighted by atomic mass is 10.1. The number of hydrogen-bond donors (Lipinski definition) is 2. The SMILES string of the molecule is COc1ccccc1OCCNCC(OC(=O)C(=O)O)c1ccc(C)c(S(=O)OC)c1. The van der Waals surface area contributed by atoms with Crippen LogP contribution in [0.1, 0.15) is 17.2 Å². The minimum absolute atomic E-state index is 0.121. The summed E-state index contributed by atoms with van der Waals surface area (Å²) in [4.78, 5) is 23.0. The second-order valence-corrected chi connectivity index (χ2v) is 7.57. The Morgan fingerprint density at radius 2 is 1.84 bits per heavy atom. The molecule has 0 bridgehead atoms. The lowest BCUT2D eigenvalue weighted by molar-refractivity contribution is -0.167. The van der Waals surface area contributed by atoms with Crippen LogP contribution in [0.25, 0.3) is 0 Å². The molecular weight excluding hydrogens is 426 g/mol. The highest BCUT2D eigenvalue weighted by Crippen LogP contribution is 2.26. The van der Waals surface area contributed by atoms with Crippen LogP contribution in [0.3, 0.4) is 0 Å². The summed E-state index contributed by atoms with van der Waals surface area (Å²) in [6, 6.07) is 12.2. The predicted molar refractivity (Wildman–Crippen MR) is 112 cm³/mol. The van der Waals surface area contributed by atoms with Crippen molar-refractivity contribution in [3.05, 3.63) is 53.6 Å². The highest BCUT2D eigenvalue weighted by Gasteiger charge is 2.23. The molecule has 0 saturated carbocycles. The van der Waals surface area contributed by atoms with Crippen molar-refractivity contribution >= 4 is 23.0 Å². The number of aliphatic carboxylic acids is 1. The maximum absolute atomic E-state index is 12.1. The van der Waals surface area contributed by atoms with Gasteiger partial charge >= 0.3 is 11.9 Å². The average Bonchev–Trinajstić information content (AvgIpc) is 2.77. The van der Waals surface area contributed by atoms with Crippen LogP contribution in [0, 0.1) is 6.92 Å². The van der Waals surface area contributed by atoms with E-state index in [0.717, 1.165) is 5.56 Å². The summed E-state index contributed by atoms with van der Waals surface area (Å²) in [7, 11) is 2.86. The monoisotopic (exact) mass is 451 g/mol. The Balaban J connectivity index is 2.04. The lowest BCUT2D eigenvalue weighted by Crippen LogP contribution is -2.30. The van der Waals surface area contributed by atoms with Gasteiger partial charge in [-0.25, -0.2) is 13.8 Å². The fourth-order valence-corrected chi connectivity index (χ4v) is 3.44. The van der Waals surface area contributed by atoms with Crippen LogP contribution in [0.15, 0.2) is 47.4 Å². The third kappa shape index (κ3) is 7.06. The zero-order chi connectivity index (χ0) is 22.8. The van der Waals surface area contributed by atoms with E-state index in [1.807, 2.05) is 12.1 Å². The van der Waals surface area contributed by atoms with Gasteiger partial charge in [-0.2, -0.15) is 0 Å². The molecule has 31 heavy (non-hydrogen) atoms. The number of carbonyl (C=O) groups excluding carboxylic acids is 1. The highest BCUT2D eigenvalue weighted by atomic mass is 32.2. The minimum Gasteiger partial charge on any atom is -0.493 e. The van der Waals surface area contributed by atoms with E-state index >= 15 is 0 Å². The number of benzene rings is 2. The first kappa shape index (κ1) is 24.3. The summed E-state index contributed by atoms with van der Waals surface area (Å²) < 4.78 is 32.9. The van der Waals surface area contributed by atoms with E-state index in [2.05, 4.69) is 5.32 Å². The van der Waals surface area contributed by atoms with Crippen LogP contribution in [0.2, 0.25) is 0 Å². The second kappa shape index (κ2) is 12.0. The molecule has 0 fully saturated rings. The van der Waals surface area contributed by atoms with Gasteiger partial charge in [0.05, 0.1) is 19.1 Å². The lowest BCUT2D eigenvalue weighted by Gasteiger charge is -2.19. The van der Waals surface area contributed by atoms with Gasteiger partial charge in [-0.15, -0.1) is 0 Å². The van der Waals surface area contributed by atoms with Gasteiger partial charge in [0.25, 0.3) is 0 Å². The van der Waals surface area contributed by atoms with Crippen molar-refractivity contribution in [1.29, 1.82) is 0 Å². The van der Waals surface area contributed by atoms with Gasteiger partial charge in [0, 0.05) is 13.1 Å². The molecule has 9 nitrogen and oxygen atoms in total. The van der Waals surface area contributed by atoms with Crippen molar-refractivity contribution < 1.29 is 37.3 Å². The molecule has 2 aromatic carbocycles. The first-order valence-corrected chi connectivity index (χ1v) is 10.4. The Labute approximate surface area is 182 Å². The van der Waals surface area contributed by atoms with Gasteiger partial charge < -0.3 is 24.6 Å². The van der Waals surface area contributed by atoms with Gasteiger partial charge in [-0.3, -0.25) is 4.18 Å². The number of para-hydroxylation sites is 2. The summed E-state index contributed by atoms with van der Waals surface area (Å²) in [6.45, 7) is 2.58. The second-order valence-electron chi connectivity index (χ2n) is 6.33. The van der Waals surface area contributed by atoms with E-state index in [4.69, 9.17) is 23.5 Å². The molecule has 2 rings (SSSR count).